The highest BCUT2D eigenvalue weighted by molar-refractivity contribution is 8.14. The van der Waals surface area contributed by atoms with Gasteiger partial charge in [0.15, 0.2) is 5.17 Å². The second kappa shape index (κ2) is 5.90. The van der Waals surface area contributed by atoms with Crippen molar-refractivity contribution in [1.29, 1.82) is 0 Å². The standard InChI is InChI=1S/C17H30N2S/c1-12-6-8-17(9-7-12)11-20-16(19-17)18-15-5-4-13(2)14(3)10-15/h12-15H,4-11H2,1-3H3,(H,18,19). The van der Waals surface area contributed by atoms with Crippen LogP contribution in [0.2, 0.25) is 0 Å². The van der Waals surface area contributed by atoms with Crippen molar-refractivity contribution in [3.05, 3.63) is 0 Å². The molecule has 0 aromatic carbocycles. The summed E-state index contributed by atoms with van der Waals surface area (Å²) in [6, 6.07) is 0.578. The van der Waals surface area contributed by atoms with Gasteiger partial charge in [0.1, 0.15) is 0 Å². The van der Waals surface area contributed by atoms with E-state index in [0.717, 1.165) is 17.8 Å². The van der Waals surface area contributed by atoms with E-state index in [2.05, 4.69) is 26.1 Å². The third-order valence-corrected chi connectivity index (χ3v) is 7.14. The largest absolute Gasteiger partial charge is 0.359 e. The third-order valence-electron chi connectivity index (χ3n) is 5.96. The van der Waals surface area contributed by atoms with E-state index < -0.39 is 0 Å². The first kappa shape index (κ1) is 14.7. The van der Waals surface area contributed by atoms with Crippen LogP contribution in [0.1, 0.15) is 65.7 Å². The highest BCUT2D eigenvalue weighted by Crippen LogP contribution is 2.39. The van der Waals surface area contributed by atoms with Crippen LogP contribution >= 0.6 is 11.8 Å². The zero-order valence-corrected chi connectivity index (χ0v) is 14.1. The number of aliphatic imine (C=N–C) groups is 1. The summed E-state index contributed by atoms with van der Waals surface area (Å²) in [4.78, 5) is 5.06. The molecule has 0 bridgehead atoms. The molecule has 114 valence electrons. The predicted octanol–water partition coefficient (Wildman–Crippen LogP) is 4.45. The molecule has 20 heavy (non-hydrogen) atoms. The molecule has 3 rings (SSSR count). The summed E-state index contributed by atoms with van der Waals surface area (Å²) >= 11 is 1.98. The minimum Gasteiger partial charge on any atom is -0.359 e. The maximum atomic E-state index is 5.06. The Morgan fingerprint density at radius 3 is 2.50 bits per heavy atom. The smallest absolute Gasteiger partial charge is 0.157 e. The van der Waals surface area contributed by atoms with Gasteiger partial charge in [-0.3, -0.25) is 4.99 Å². The fourth-order valence-corrected chi connectivity index (χ4v) is 5.25. The molecule has 1 aliphatic heterocycles. The van der Waals surface area contributed by atoms with Gasteiger partial charge in [-0.05, 0) is 62.7 Å². The molecule has 1 N–H and O–H groups in total. The topological polar surface area (TPSA) is 24.4 Å². The average Bonchev–Trinajstić information content (AvgIpc) is 2.81. The fraction of sp³-hybridized carbons (Fsp3) is 0.941. The molecule has 3 heteroatoms. The third kappa shape index (κ3) is 3.18. The molecule has 0 aromatic heterocycles. The molecule has 0 radical (unpaired) electrons. The number of thioether (sulfide) groups is 1. The van der Waals surface area contributed by atoms with Crippen LogP contribution < -0.4 is 5.32 Å². The monoisotopic (exact) mass is 294 g/mol. The predicted molar refractivity (Wildman–Crippen MR) is 89.4 cm³/mol. The minimum absolute atomic E-state index is 0.392. The lowest BCUT2D eigenvalue weighted by Gasteiger charge is -2.36. The SMILES string of the molecule is CC1CCC2(CC1)CSC(=NC1CCC(C)C(C)C1)N2. The van der Waals surface area contributed by atoms with Gasteiger partial charge in [-0.2, -0.15) is 0 Å². The van der Waals surface area contributed by atoms with E-state index in [1.54, 1.807) is 0 Å². The molecule has 3 fully saturated rings. The van der Waals surface area contributed by atoms with Gasteiger partial charge < -0.3 is 5.32 Å². The van der Waals surface area contributed by atoms with Crippen LogP contribution in [0.5, 0.6) is 0 Å². The van der Waals surface area contributed by atoms with Crippen molar-refractivity contribution >= 4 is 16.9 Å². The van der Waals surface area contributed by atoms with E-state index in [-0.39, 0.29) is 0 Å². The molecule has 2 aliphatic carbocycles. The van der Waals surface area contributed by atoms with Crippen LogP contribution in [0.4, 0.5) is 0 Å². The van der Waals surface area contributed by atoms with E-state index in [1.165, 1.54) is 55.9 Å². The number of nitrogens with one attached hydrogen (secondary N) is 1. The van der Waals surface area contributed by atoms with E-state index in [0.29, 0.717) is 11.6 Å². The number of hydrogen-bond donors (Lipinski definition) is 1. The molecule has 3 atom stereocenters. The maximum Gasteiger partial charge on any atom is 0.157 e. The minimum atomic E-state index is 0.392. The molecule has 3 aliphatic rings. The molecule has 2 saturated carbocycles. The Morgan fingerprint density at radius 2 is 1.80 bits per heavy atom. The first-order chi connectivity index (χ1) is 9.56. The summed E-state index contributed by atoms with van der Waals surface area (Å²) < 4.78 is 0. The van der Waals surface area contributed by atoms with Gasteiger partial charge >= 0.3 is 0 Å². The van der Waals surface area contributed by atoms with E-state index in [4.69, 9.17) is 4.99 Å². The van der Waals surface area contributed by atoms with E-state index in [1.807, 2.05) is 11.8 Å². The molecule has 1 heterocycles. The number of nitrogens with zero attached hydrogens (tertiary/aromatic N) is 1. The molecular formula is C17H30N2S. The van der Waals surface area contributed by atoms with Gasteiger partial charge in [0.2, 0.25) is 0 Å². The fourth-order valence-electron chi connectivity index (χ4n) is 3.96. The van der Waals surface area contributed by atoms with E-state index in [9.17, 15) is 0 Å². The summed E-state index contributed by atoms with van der Waals surface area (Å²) in [5, 5.41) is 5.07. The van der Waals surface area contributed by atoms with Gasteiger partial charge in [-0.15, -0.1) is 0 Å². The Hall–Kier alpha value is -0.180. The van der Waals surface area contributed by atoms with Crippen molar-refractivity contribution in [3.63, 3.8) is 0 Å². The molecule has 0 aromatic rings. The van der Waals surface area contributed by atoms with Crippen molar-refractivity contribution in [3.8, 4) is 0 Å². The lowest BCUT2D eigenvalue weighted by atomic mass is 9.78. The van der Waals surface area contributed by atoms with Crippen LogP contribution in [0.25, 0.3) is 0 Å². The van der Waals surface area contributed by atoms with Crippen molar-refractivity contribution in [1.82, 2.24) is 5.32 Å². The number of rotatable bonds is 1. The summed E-state index contributed by atoms with van der Waals surface area (Å²) in [6.07, 6.45) is 9.41. The van der Waals surface area contributed by atoms with Crippen molar-refractivity contribution in [2.45, 2.75) is 77.3 Å². The van der Waals surface area contributed by atoms with Gasteiger partial charge in [0.05, 0.1) is 6.04 Å². The van der Waals surface area contributed by atoms with Crippen molar-refractivity contribution in [2.24, 2.45) is 22.7 Å². The highest BCUT2D eigenvalue weighted by atomic mass is 32.2. The van der Waals surface area contributed by atoms with Gasteiger partial charge in [-0.25, -0.2) is 0 Å². The molecule has 1 saturated heterocycles. The van der Waals surface area contributed by atoms with Crippen molar-refractivity contribution < 1.29 is 0 Å². The molecule has 2 nitrogen and oxygen atoms in total. The Balaban J connectivity index is 1.58. The zero-order chi connectivity index (χ0) is 14.2. The summed E-state index contributed by atoms with van der Waals surface area (Å²) in [7, 11) is 0. The zero-order valence-electron chi connectivity index (χ0n) is 13.3. The summed E-state index contributed by atoms with van der Waals surface area (Å²) in [5.74, 6) is 3.90. The van der Waals surface area contributed by atoms with Crippen molar-refractivity contribution in [2.75, 3.05) is 5.75 Å². The van der Waals surface area contributed by atoms with Crippen LogP contribution in [0.15, 0.2) is 4.99 Å². The molecule has 0 amide bonds. The summed E-state index contributed by atoms with van der Waals surface area (Å²) in [5.41, 5.74) is 0.392. The first-order valence-corrected chi connectivity index (χ1v) is 9.54. The molecule has 1 spiro atoms. The number of amidine groups is 1. The Bertz CT molecular complexity index is 371. The molecular weight excluding hydrogens is 264 g/mol. The Labute approximate surface area is 128 Å². The second-order valence-corrected chi connectivity index (χ2v) is 8.70. The van der Waals surface area contributed by atoms with Crippen LogP contribution in [0, 0.1) is 17.8 Å². The van der Waals surface area contributed by atoms with Crippen LogP contribution in [-0.2, 0) is 0 Å². The maximum absolute atomic E-state index is 5.06. The molecule has 3 unspecified atom stereocenters. The van der Waals surface area contributed by atoms with Gasteiger partial charge in [-0.1, -0.05) is 32.5 Å². The highest BCUT2D eigenvalue weighted by Gasteiger charge is 2.40. The quantitative estimate of drug-likeness (QED) is 0.772. The normalized spacial score (nSPS) is 47.6. The van der Waals surface area contributed by atoms with Crippen LogP contribution in [-0.4, -0.2) is 22.5 Å². The Morgan fingerprint density at radius 1 is 1.05 bits per heavy atom. The second-order valence-electron chi connectivity index (χ2n) is 7.73. The van der Waals surface area contributed by atoms with Crippen LogP contribution in [0.3, 0.4) is 0 Å². The Kier molecular flexibility index (Phi) is 4.35. The van der Waals surface area contributed by atoms with Gasteiger partial charge in [0, 0.05) is 11.3 Å². The lowest BCUT2D eigenvalue weighted by molar-refractivity contribution is 0.245. The van der Waals surface area contributed by atoms with Gasteiger partial charge in [0.25, 0.3) is 0 Å². The lowest BCUT2D eigenvalue weighted by Crippen LogP contribution is -2.46. The van der Waals surface area contributed by atoms with E-state index >= 15 is 0 Å². The summed E-state index contributed by atoms with van der Waals surface area (Å²) in [6.45, 7) is 7.19. The first-order valence-electron chi connectivity index (χ1n) is 8.55. The number of hydrogen-bond acceptors (Lipinski definition) is 2. The average molecular weight is 295 g/mol.